The van der Waals surface area contributed by atoms with Crippen molar-refractivity contribution in [3.05, 3.63) is 11.6 Å². The van der Waals surface area contributed by atoms with E-state index in [9.17, 15) is 0 Å². The number of ether oxygens (including phenoxy) is 1. The minimum Gasteiger partial charge on any atom is -0.377 e. The standard InChI is InChI=1S/C15H26N4O/c1-11-5-7-12(8-6-11)16-13-4-3-9-19-15(13)17-14(18-19)10-20-2/h11-13,16H,3-10H2,1-2H3/t11?,12?,13-/m1/s1. The van der Waals surface area contributed by atoms with Crippen LogP contribution in [0.25, 0.3) is 0 Å². The predicted molar refractivity (Wildman–Crippen MR) is 77.3 cm³/mol. The van der Waals surface area contributed by atoms with Gasteiger partial charge in [-0.25, -0.2) is 9.67 Å². The monoisotopic (exact) mass is 278 g/mol. The molecule has 1 saturated carbocycles. The molecule has 5 heteroatoms. The van der Waals surface area contributed by atoms with Crippen molar-refractivity contribution in [2.75, 3.05) is 7.11 Å². The second-order valence-corrected chi connectivity index (χ2v) is 6.36. The molecule has 3 rings (SSSR count). The molecule has 0 radical (unpaired) electrons. The lowest BCUT2D eigenvalue weighted by atomic mass is 9.87. The van der Waals surface area contributed by atoms with E-state index in [1.807, 2.05) is 0 Å². The summed E-state index contributed by atoms with van der Waals surface area (Å²) in [5.41, 5.74) is 0. The van der Waals surface area contributed by atoms with Crippen molar-refractivity contribution < 1.29 is 4.74 Å². The third-order valence-electron chi connectivity index (χ3n) is 4.64. The Morgan fingerprint density at radius 3 is 2.80 bits per heavy atom. The van der Waals surface area contributed by atoms with E-state index < -0.39 is 0 Å². The zero-order chi connectivity index (χ0) is 13.9. The molecule has 1 fully saturated rings. The molecule has 2 aliphatic rings. The summed E-state index contributed by atoms with van der Waals surface area (Å²) in [6.45, 7) is 3.87. The largest absolute Gasteiger partial charge is 0.377 e. The molecule has 1 N–H and O–H groups in total. The Morgan fingerprint density at radius 2 is 2.05 bits per heavy atom. The van der Waals surface area contributed by atoms with E-state index in [1.54, 1.807) is 7.11 Å². The number of nitrogens with zero attached hydrogens (tertiary/aromatic N) is 3. The zero-order valence-corrected chi connectivity index (χ0v) is 12.6. The summed E-state index contributed by atoms with van der Waals surface area (Å²) in [4.78, 5) is 4.67. The van der Waals surface area contributed by atoms with Gasteiger partial charge in [-0.2, -0.15) is 5.10 Å². The minimum atomic E-state index is 0.375. The van der Waals surface area contributed by atoms with E-state index >= 15 is 0 Å². The van der Waals surface area contributed by atoms with Crippen LogP contribution in [0.5, 0.6) is 0 Å². The first-order chi connectivity index (χ1) is 9.76. The highest BCUT2D eigenvalue weighted by molar-refractivity contribution is 5.02. The summed E-state index contributed by atoms with van der Waals surface area (Å²) in [5.74, 6) is 2.83. The van der Waals surface area contributed by atoms with E-state index in [2.05, 4.69) is 27.0 Å². The highest BCUT2D eigenvalue weighted by atomic mass is 16.5. The van der Waals surface area contributed by atoms with E-state index in [0.717, 1.165) is 24.1 Å². The Balaban J connectivity index is 1.66. The third-order valence-corrected chi connectivity index (χ3v) is 4.64. The van der Waals surface area contributed by atoms with Crippen LogP contribution in [-0.2, 0) is 17.9 Å². The summed E-state index contributed by atoms with van der Waals surface area (Å²) in [6.07, 6.45) is 7.67. The summed E-state index contributed by atoms with van der Waals surface area (Å²) < 4.78 is 7.21. The summed E-state index contributed by atoms with van der Waals surface area (Å²) in [6, 6.07) is 1.03. The van der Waals surface area contributed by atoms with Crippen LogP contribution in [0.3, 0.4) is 0 Å². The molecule has 1 aliphatic heterocycles. The maximum absolute atomic E-state index is 5.14. The van der Waals surface area contributed by atoms with Crippen LogP contribution in [0.4, 0.5) is 0 Å². The fourth-order valence-electron chi connectivity index (χ4n) is 3.46. The molecule has 1 aromatic rings. The Bertz CT molecular complexity index is 437. The number of hydrogen-bond acceptors (Lipinski definition) is 4. The van der Waals surface area contributed by atoms with Crippen LogP contribution in [0.15, 0.2) is 0 Å². The molecular weight excluding hydrogens is 252 g/mol. The van der Waals surface area contributed by atoms with Crippen molar-refractivity contribution in [3.63, 3.8) is 0 Å². The van der Waals surface area contributed by atoms with Crippen molar-refractivity contribution in [2.24, 2.45) is 5.92 Å². The van der Waals surface area contributed by atoms with Gasteiger partial charge in [-0.3, -0.25) is 0 Å². The van der Waals surface area contributed by atoms with E-state index in [4.69, 9.17) is 4.74 Å². The van der Waals surface area contributed by atoms with Crippen molar-refractivity contribution in [3.8, 4) is 0 Å². The lowest BCUT2D eigenvalue weighted by Gasteiger charge is -2.32. The van der Waals surface area contributed by atoms with Gasteiger partial charge < -0.3 is 10.1 Å². The van der Waals surface area contributed by atoms with Gasteiger partial charge in [0.1, 0.15) is 12.4 Å². The Morgan fingerprint density at radius 1 is 1.25 bits per heavy atom. The first kappa shape index (κ1) is 14.0. The normalized spacial score (nSPS) is 30.2. The van der Waals surface area contributed by atoms with Crippen LogP contribution in [-0.4, -0.2) is 27.9 Å². The Labute approximate surface area is 121 Å². The third kappa shape index (κ3) is 3.04. The Kier molecular flexibility index (Phi) is 4.36. The molecule has 5 nitrogen and oxygen atoms in total. The highest BCUT2D eigenvalue weighted by Crippen LogP contribution is 2.28. The number of nitrogens with one attached hydrogen (secondary N) is 1. The van der Waals surface area contributed by atoms with Crippen molar-refractivity contribution >= 4 is 0 Å². The lowest BCUT2D eigenvalue weighted by Crippen LogP contribution is -2.38. The summed E-state index contributed by atoms with van der Waals surface area (Å²) in [7, 11) is 1.69. The number of aryl methyl sites for hydroxylation is 1. The predicted octanol–water partition coefficient (Wildman–Crippen LogP) is 2.43. The first-order valence-corrected chi connectivity index (χ1v) is 7.95. The van der Waals surface area contributed by atoms with Crippen LogP contribution in [0.1, 0.15) is 63.1 Å². The smallest absolute Gasteiger partial charge is 0.176 e. The fraction of sp³-hybridized carbons (Fsp3) is 0.867. The summed E-state index contributed by atoms with van der Waals surface area (Å²) in [5, 5.41) is 8.36. The van der Waals surface area contributed by atoms with Gasteiger partial charge in [0.05, 0.1) is 6.04 Å². The lowest BCUT2D eigenvalue weighted by molar-refractivity contribution is 0.177. The number of aromatic nitrogens is 3. The Hall–Kier alpha value is -0.940. The van der Waals surface area contributed by atoms with E-state index in [1.165, 1.54) is 38.5 Å². The van der Waals surface area contributed by atoms with Gasteiger partial charge in [0.25, 0.3) is 0 Å². The first-order valence-electron chi connectivity index (χ1n) is 7.95. The topological polar surface area (TPSA) is 52.0 Å². The van der Waals surface area contributed by atoms with Crippen LogP contribution < -0.4 is 5.32 Å². The minimum absolute atomic E-state index is 0.375. The van der Waals surface area contributed by atoms with Crippen molar-refractivity contribution in [1.29, 1.82) is 0 Å². The molecule has 2 heterocycles. The molecule has 112 valence electrons. The molecule has 1 aromatic heterocycles. The molecule has 20 heavy (non-hydrogen) atoms. The van der Waals surface area contributed by atoms with Crippen LogP contribution in [0.2, 0.25) is 0 Å². The molecule has 0 unspecified atom stereocenters. The quantitative estimate of drug-likeness (QED) is 0.919. The molecule has 0 spiro atoms. The number of fused-ring (bicyclic) bond motifs is 1. The SMILES string of the molecule is COCc1nc2n(n1)CCC[C@H]2NC1CCC(C)CC1. The van der Waals surface area contributed by atoms with E-state index in [-0.39, 0.29) is 0 Å². The van der Waals surface area contributed by atoms with Gasteiger partial charge in [0.2, 0.25) is 0 Å². The number of methoxy groups -OCH3 is 1. The number of hydrogen-bond donors (Lipinski definition) is 1. The van der Waals surface area contributed by atoms with Crippen LogP contribution in [0, 0.1) is 5.92 Å². The van der Waals surface area contributed by atoms with Crippen molar-refractivity contribution in [1.82, 2.24) is 20.1 Å². The number of rotatable bonds is 4. The van der Waals surface area contributed by atoms with Gasteiger partial charge in [-0.15, -0.1) is 0 Å². The molecule has 0 saturated heterocycles. The maximum atomic E-state index is 5.14. The van der Waals surface area contributed by atoms with Gasteiger partial charge in [0.15, 0.2) is 5.82 Å². The summed E-state index contributed by atoms with van der Waals surface area (Å²) >= 11 is 0. The maximum Gasteiger partial charge on any atom is 0.176 e. The van der Waals surface area contributed by atoms with Crippen LogP contribution >= 0.6 is 0 Å². The molecule has 0 aromatic carbocycles. The van der Waals surface area contributed by atoms with Gasteiger partial charge in [0, 0.05) is 19.7 Å². The van der Waals surface area contributed by atoms with Gasteiger partial charge in [-0.05, 0) is 44.4 Å². The second kappa shape index (κ2) is 6.22. The molecule has 0 amide bonds. The highest BCUT2D eigenvalue weighted by Gasteiger charge is 2.27. The van der Waals surface area contributed by atoms with Crippen molar-refractivity contribution in [2.45, 2.75) is 70.7 Å². The zero-order valence-electron chi connectivity index (χ0n) is 12.6. The van der Waals surface area contributed by atoms with Gasteiger partial charge in [-0.1, -0.05) is 6.92 Å². The molecule has 0 bridgehead atoms. The molecule has 1 aliphatic carbocycles. The average Bonchev–Trinajstić information content (AvgIpc) is 2.85. The fourth-order valence-corrected chi connectivity index (χ4v) is 3.46. The molecular formula is C15H26N4O. The van der Waals surface area contributed by atoms with Gasteiger partial charge >= 0.3 is 0 Å². The van der Waals surface area contributed by atoms with E-state index in [0.29, 0.717) is 18.7 Å². The molecule has 1 atom stereocenters. The average molecular weight is 278 g/mol. The second-order valence-electron chi connectivity index (χ2n) is 6.36.